The topological polar surface area (TPSA) is 220 Å². The Morgan fingerprint density at radius 2 is 1.54 bits per heavy atom. The fourth-order valence-electron chi connectivity index (χ4n) is 7.63. The van der Waals surface area contributed by atoms with Crippen molar-refractivity contribution in [2.75, 3.05) is 47.8 Å². The largest absolute Gasteiger partial charge is 0.497 e. The Labute approximate surface area is 440 Å². The predicted molar refractivity (Wildman–Crippen MR) is 273 cm³/mol. The average Bonchev–Trinajstić information content (AvgIpc) is 3.63. The predicted octanol–water partition coefficient (Wildman–Crippen LogP) is 8.00. The zero-order valence-electron chi connectivity index (χ0n) is 44.8. The Morgan fingerprint density at radius 3 is 2.09 bits per heavy atom. The Bertz CT molecular complexity index is 2610. The molecule has 4 bridgehead atoms. The van der Waals surface area contributed by atoms with Crippen LogP contribution in [-0.4, -0.2) is 139 Å². The smallest absolute Gasteiger partial charge is 0.420 e. The molecule has 4 aliphatic rings. The number of carbonyl (C=O) groups is 3. The number of hydrogen-bond acceptors (Lipinski definition) is 18. The third-order valence-electron chi connectivity index (χ3n) is 12.1. The van der Waals surface area contributed by atoms with Crippen LogP contribution in [0.4, 0.5) is 9.59 Å². The number of hydrogen-bond donors (Lipinski definition) is 1. The van der Waals surface area contributed by atoms with E-state index < -0.39 is 114 Å². The second kappa shape index (κ2) is 23.5. The first kappa shape index (κ1) is 60.0. The SMILES string of the molecule is COCOc1cc2cc(Cl)c1O[C@@H]1C#C[C@H](OS(C)(=O)=O)[C@](O)(C#CC3=C[C@@H](OCOC)C[C@@]31O[Si](C)(C)C(C)(C)C)[C@@H](OCc1ccc(OC)cc1)COC(=O)C[C@@H]2N(C(=O)OC(C)(C)C)C(=O)OC(C)(C)C. The standard InChI is InChI=1S/C52H70ClNO18SSi/c1-48(2,3)69-46(56)54(47(57)70-49(4,5)6)39-27-44(55)65-30-43(64-29-33-16-18-36(63-12)19-17-33)51(58)23-22-35-26-37(66-31-61-10)28-52(35,72-74(14,15)50(7,8)9)42(21-20-41(51)71-73(13,59)60)68-45-38(53)24-34(39)25-40(45)67-32-62-11/h16-19,24-26,37,39,41-43,58H,27-32H2,1-15H3/t37-,39+,41+,42-,43+,51-,52-/m1/s1. The second-order valence-electron chi connectivity index (χ2n) is 21.5. The van der Waals surface area contributed by atoms with Crippen LogP contribution in [-0.2, 0) is 63.3 Å². The highest BCUT2D eigenvalue weighted by Crippen LogP contribution is 2.50. The minimum absolute atomic E-state index is 0.00988. The summed E-state index contributed by atoms with van der Waals surface area (Å²) in [4.78, 5) is 43.9. The first-order valence-electron chi connectivity index (χ1n) is 23.7. The van der Waals surface area contributed by atoms with E-state index >= 15 is 0 Å². The monoisotopic (exact) mass is 1090 g/mol. The number of aliphatic hydroxyl groups is 1. The van der Waals surface area contributed by atoms with Crippen LogP contribution in [0.5, 0.6) is 17.2 Å². The van der Waals surface area contributed by atoms with Crippen LogP contribution >= 0.6 is 11.6 Å². The molecule has 2 aromatic carbocycles. The lowest BCUT2D eigenvalue weighted by Crippen LogP contribution is -2.57. The van der Waals surface area contributed by atoms with E-state index in [2.05, 4.69) is 23.7 Å². The van der Waals surface area contributed by atoms with E-state index in [4.69, 9.17) is 67.6 Å². The first-order valence-corrected chi connectivity index (χ1v) is 28.8. The summed E-state index contributed by atoms with van der Waals surface area (Å²) in [5.41, 5.74) is -6.00. The Balaban J connectivity index is 1.92. The van der Waals surface area contributed by atoms with Crippen molar-refractivity contribution in [3.63, 3.8) is 0 Å². The maximum Gasteiger partial charge on any atom is 0.420 e. The van der Waals surface area contributed by atoms with Gasteiger partial charge in [-0.15, -0.1) is 0 Å². The Hall–Kier alpha value is -4.91. The van der Waals surface area contributed by atoms with Crippen molar-refractivity contribution in [2.45, 2.75) is 153 Å². The van der Waals surface area contributed by atoms with E-state index in [9.17, 15) is 27.9 Å². The number of rotatable bonds is 15. The van der Waals surface area contributed by atoms with Gasteiger partial charge in [-0.2, -0.15) is 8.42 Å². The summed E-state index contributed by atoms with van der Waals surface area (Å²) >= 11 is 7.27. The molecule has 2 aliphatic heterocycles. The molecule has 0 saturated carbocycles. The number of fused-ring (bicyclic) bond motifs is 8. The van der Waals surface area contributed by atoms with Crippen LogP contribution in [0.2, 0.25) is 23.2 Å². The summed E-state index contributed by atoms with van der Waals surface area (Å²) in [5.74, 6) is 11.0. The lowest BCUT2D eigenvalue weighted by molar-refractivity contribution is -0.164. The van der Waals surface area contributed by atoms with Gasteiger partial charge in [0.2, 0.25) is 0 Å². The summed E-state index contributed by atoms with van der Waals surface area (Å²) in [6, 6.07) is 7.87. The van der Waals surface area contributed by atoms with Crippen molar-refractivity contribution in [1.29, 1.82) is 0 Å². The summed E-state index contributed by atoms with van der Waals surface area (Å²) < 4.78 is 98.8. The highest BCUT2D eigenvalue weighted by Gasteiger charge is 2.57. The van der Waals surface area contributed by atoms with Crippen molar-refractivity contribution in [3.8, 4) is 40.9 Å². The lowest BCUT2D eigenvalue weighted by Gasteiger charge is -2.46. The number of imide groups is 1. The van der Waals surface area contributed by atoms with Crippen molar-refractivity contribution < 1.29 is 83.9 Å². The molecule has 0 saturated heterocycles. The van der Waals surface area contributed by atoms with Crippen LogP contribution in [0.25, 0.3) is 0 Å². The number of nitrogens with zero attached hydrogens (tertiary/aromatic N) is 1. The highest BCUT2D eigenvalue weighted by molar-refractivity contribution is 7.86. The third-order valence-corrected chi connectivity index (χ3v) is 17.4. The number of amides is 2. The van der Waals surface area contributed by atoms with Gasteiger partial charge in [-0.05, 0) is 101 Å². The number of benzene rings is 2. The molecule has 2 heterocycles. The Morgan fingerprint density at radius 1 is 0.919 bits per heavy atom. The zero-order chi connectivity index (χ0) is 55.2. The maximum atomic E-state index is 14.6. The molecule has 408 valence electrons. The molecule has 6 rings (SSSR count). The molecule has 19 nitrogen and oxygen atoms in total. The fourth-order valence-corrected chi connectivity index (χ4v) is 9.95. The molecule has 0 radical (unpaired) electrons. The van der Waals surface area contributed by atoms with Gasteiger partial charge in [-0.3, -0.25) is 4.79 Å². The van der Waals surface area contributed by atoms with Gasteiger partial charge in [0, 0.05) is 26.2 Å². The van der Waals surface area contributed by atoms with Crippen molar-refractivity contribution >= 4 is 48.2 Å². The number of halogens is 1. The van der Waals surface area contributed by atoms with Crippen molar-refractivity contribution in [3.05, 3.63) is 64.2 Å². The summed E-state index contributed by atoms with van der Waals surface area (Å²) in [5, 5.41) is 12.6. The maximum absolute atomic E-state index is 14.6. The van der Waals surface area contributed by atoms with Gasteiger partial charge >= 0.3 is 18.2 Å². The summed E-state index contributed by atoms with van der Waals surface area (Å²) in [6.45, 7) is 18.0. The van der Waals surface area contributed by atoms with Crippen LogP contribution in [0.1, 0.15) is 92.3 Å². The highest BCUT2D eigenvalue weighted by atomic mass is 35.5. The molecule has 0 aromatic heterocycles. The number of ether oxygens (including phenoxy) is 10. The fraction of sp³-hybridized carbons (Fsp3) is 0.596. The van der Waals surface area contributed by atoms with Gasteiger partial charge in [0.05, 0.1) is 43.6 Å². The molecule has 0 fully saturated rings. The molecular weight excluding hydrogens is 1020 g/mol. The van der Waals surface area contributed by atoms with Gasteiger partial charge in [0.25, 0.3) is 10.1 Å². The first-order chi connectivity index (χ1) is 34.2. The molecule has 1 N–H and O–H groups in total. The second-order valence-corrected chi connectivity index (χ2v) is 28.2. The number of carbonyl (C=O) groups excluding carboxylic acids is 3. The van der Waals surface area contributed by atoms with E-state index in [1.807, 2.05) is 33.9 Å². The molecule has 0 spiro atoms. The molecule has 7 atom stereocenters. The molecule has 2 amide bonds. The summed E-state index contributed by atoms with van der Waals surface area (Å²) in [6.07, 6.45) is -6.89. The van der Waals surface area contributed by atoms with Crippen molar-refractivity contribution in [1.82, 2.24) is 4.90 Å². The zero-order valence-corrected chi connectivity index (χ0v) is 47.4. The van der Waals surface area contributed by atoms with Crippen LogP contribution in [0.15, 0.2) is 48.0 Å². The molecular formula is C52H70ClNO18SSi. The van der Waals surface area contributed by atoms with E-state index in [1.165, 1.54) is 33.5 Å². The Kier molecular flexibility index (Phi) is 19.1. The van der Waals surface area contributed by atoms with Gasteiger partial charge in [0.15, 0.2) is 44.4 Å². The normalized spacial score (nSPS) is 24.3. The van der Waals surface area contributed by atoms with E-state index in [-0.39, 0.29) is 47.5 Å². The van der Waals surface area contributed by atoms with Crippen LogP contribution in [0.3, 0.4) is 0 Å². The summed E-state index contributed by atoms with van der Waals surface area (Å²) in [7, 11) is -3.16. The van der Waals surface area contributed by atoms with E-state index in [0.717, 1.165) is 6.26 Å². The third kappa shape index (κ3) is 15.1. The average molecular weight is 1090 g/mol. The molecule has 2 aromatic rings. The lowest BCUT2D eigenvalue weighted by atomic mass is 9.88. The van der Waals surface area contributed by atoms with Crippen LogP contribution in [0, 0.1) is 23.7 Å². The van der Waals surface area contributed by atoms with Gasteiger partial charge < -0.3 is 56.9 Å². The van der Waals surface area contributed by atoms with E-state index in [0.29, 0.717) is 16.2 Å². The van der Waals surface area contributed by atoms with Gasteiger partial charge in [-0.25, -0.2) is 18.7 Å². The minimum atomic E-state index is -4.50. The molecule has 0 unspecified atom stereocenters. The van der Waals surface area contributed by atoms with Crippen molar-refractivity contribution in [2.24, 2.45) is 0 Å². The molecule has 22 heteroatoms. The van der Waals surface area contributed by atoms with Gasteiger partial charge in [-0.1, -0.05) is 68.2 Å². The number of methoxy groups -OCH3 is 3. The minimum Gasteiger partial charge on any atom is -0.497 e. The quantitative estimate of drug-likeness (QED) is 0.0446. The molecule has 2 aliphatic carbocycles. The van der Waals surface area contributed by atoms with E-state index in [1.54, 1.807) is 71.9 Å². The molecule has 74 heavy (non-hydrogen) atoms. The number of esters is 1. The van der Waals surface area contributed by atoms with Crippen LogP contribution < -0.4 is 14.2 Å². The van der Waals surface area contributed by atoms with Gasteiger partial charge in [0.1, 0.15) is 42.1 Å².